The molecule has 0 bridgehead atoms. The largest absolute Gasteiger partial charge is 0.338 e. The fourth-order valence-electron chi connectivity index (χ4n) is 1.88. The number of hydrogen-bond acceptors (Lipinski definition) is 4. The first-order chi connectivity index (χ1) is 10.6. The van der Waals surface area contributed by atoms with Crippen molar-refractivity contribution in [3.63, 3.8) is 0 Å². The number of rotatable bonds is 6. The molecule has 0 aliphatic heterocycles. The number of non-ortho nitro benzene ring substituents is 1. The van der Waals surface area contributed by atoms with Crippen molar-refractivity contribution in [2.45, 2.75) is 19.9 Å². The van der Waals surface area contributed by atoms with E-state index < -0.39 is 4.92 Å². The quantitative estimate of drug-likeness (QED) is 0.630. The SMILES string of the molecule is CCn1cc(NC(=O)NCCc2ccc([N+](=O)[O-])cc2)cn1. The summed E-state index contributed by atoms with van der Waals surface area (Å²) in [5.41, 5.74) is 1.61. The van der Waals surface area contributed by atoms with Crippen LogP contribution in [0.1, 0.15) is 12.5 Å². The van der Waals surface area contributed by atoms with Crippen LogP contribution in [0.4, 0.5) is 16.2 Å². The average Bonchev–Trinajstić information content (AvgIpc) is 2.95. The number of benzene rings is 1. The number of anilines is 1. The van der Waals surface area contributed by atoms with Crippen molar-refractivity contribution in [1.82, 2.24) is 15.1 Å². The van der Waals surface area contributed by atoms with Gasteiger partial charge in [0.1, 0.15) is 0 Å². The summed E-state index contributed by atoms with van der Waals surface area (Å²) in [7, 11) is 0. The fraction of sp³-hybridized carbons (Fsp3) is 0.286. The van der Waals surface area contributed by atoms with E-state index in [0.29, 0.717) is 18.7 Å². The number of carbonyl (C=O) groups is 1. The van der Waals surface area contributed by atoms with E-state index in [1.807, 2.05) is 6.92 Å². The van der Waals surface area contributed by atoms with Crippen LogP contribution in [-0.2, 0) is 13.0 Å². The Bertz CT molecular complexity index is 651. The van der Waals surface area contributed by atoms with Gasteiger partial charge in [0, 0.05) is 31.4 Å². The Morgan fingerprint density at radius 2 is 2.09 bits per heavy atom. The van der Waals surface area contributed by atoms with Crippen LogP contribution in [0.15, 0.2) is 36.7 Å². The maximum atomic E-state index is 11.7. The molecule has 116 valence electrons. The first-order valence-corrected chi connectivity index (χ1v) is 6.89. The van der Waals surface area contributed by atoms with Gasteiger partial charge in [0.2, 0.25) is 0 Å². The molecule has 1 heterocycles. The molecule has 0 saturated heterocycles. The Kier molecular flexibility index (Phi) is 5.07. The van der Waals surface area contributed by atoms with Crippen molar-refractivity contribution < 1.29 is 9.72 Å². The number of nitro benzene ring substituents is 1. The average molecular weight is 303 g/mol. The highest BCUT2D eigenvalue weighted by Crippen LogP contribution is 2.12. The Morgan fingerprint density at radius 1 is 1.36 bits per heavy atom. The minimum Gasteiger partial charge on any atom is -0.338 e. The molecule has 8 heteroatoms. The third-order valence-electron chi connectivity index (χ3n) is 3.06. The van der Waals surface area contributed by atoms with E-state index in [0.717, 1.165) is 12.1 Å². The third kappa shape index (κ3) is 4.30. The number of urea groups is 1. The molecular formula is C14H17N5O3. The Morgan fingerprint density at radius 3 is 2.68 bits per heavy atom. The minimum atomic E-state index is -0.439. The second-order valence-corrected chi connectivity index (χ2v) is 4.64. The van der Waals surface area contributed by atoms with Gasteiger partial charge in [0.15, 0.2) is 0 Å². The zero-order valence-electron chi connectivity index (χ0n) is 12.2. The van der Waals surface area contributed by atoms with Gasteiger partial charge in [0.05, 0.1) is 16.8 Å². The summed E-state index contributed by atoms with van der Waals surface area (Å²) < 4.78 is 1.71. The monoisotopic (exact) mass is 303 g/mol. The lowest BCUT2D eigenvalue weighted by Crippen LogP contribution is -2.30. The standard InChI is InChI=1S/C14H17N5O3/c1-2-18-10-12(9-16-18)17-14(20)15-8-7-11-3-5-13(6-4-11)19(21)22/h3-6,9-10H,2,7-8H2,1H3,(H2,15,17,20). The van der Waals surface area contributed by atoms with Crippen LogP contribution in [0.2, 0.25) is 0 Å². The van der Waals surface area contributed by atoms with Gasteiger partial charge in [-0.2, -0.15) is 5.10 Å². The zero-order chi connectivity index (χ0) is 15.9. The second-order valence-electron chi connectivity index (χ2n) is 4.64. The molecule has 0 atom stereocenters. The summed E-state index contributed by atoms with van der Waals surface area (Å²) >= 11 is 0. The van der Waals surface area contributed by atoms with E-state index in [1.54, 1.807) is 29.2 Å². The molecule has 2 N–H and O–H groups in total. The van der Waals surface area contributed by atoms with Crippen molar-refractivity contribution in [3.05, 3.63) is 52.3 Å². The van der Waals surface area contributed by atoms with Crippen LogP contribution in [-0.4, -0.2) is 27.3 Å². The maximum absolute atomic E-state index is 11.7. The second kappa shape index (κ2) is 7.21. The molecule has 0 fully saturated rings. The Balaban J connectivity index is 1.75. The van der Waals surface area contributed by atoms with Gasteiger partial charge >= 0.3 is 6.03 Å². The van der Waals surface area contributed by atoms with Gasteiger partial charge in [0.25, 0.3) is 5.69 Å². The molecule has 1 aromatic carbocycles. The van der Waals surface area contributed by atoms with Gasteiger partial charge in [-0.3, -0.25) is 14.8 Å². The summed E-state index contributed by atoms with van der Waals surface area (Å²) in [6.45, 7) is 3.13. The van der Waals surface area contributed by atoms with Gasteiger partial charge < -0.3 is 10.6 Å². The molecule has 2 amide bonds. The molecule has 0 unspecified atom stereocenters. The van der Waals surface area contributed by atoms with Gasteiger partial charge in [-0.1, -0.05) is 12.1 Å². The van der Waals surface area contributed by atoms with Crippen LogP contribution in [0, 0.1) is 10.1 Å². The van der Waals surface area contributed by atoms with Crippen molar-refractivity contribution >= 4 is 17.4 Å². The third-order valence-corrected chi connectivity index (χ3v) is 3.06. The van der Waals surface area contributed by atoms with E-state index >= 15 is 0 Å². The maximum Gasteiger partial charge on any atom is 0.319 e. The highest BCUT2D eigenvalue weighted by molar-refractivity contribution is 5.88. The number of carbonyl (C=O) groups excluding carboxylic acids is 1. The summed E-state index contributed by atoms with van der Waals surface area (Å²) in [4.78, 5) is 21.8. The minimum absolute atomic E-state index is 0.0578. The van der Waals surface area contributed by atoms with Crippen LogP contribution in [0.25, 0.3) is 0 Å². The number of nitrogens with zero attached hydrogens (tertiary/aromatic N) is 3. The van der Waals surface area contributed by atoms with Gasteiger partial charge in [-0.25, -0.2) is 4.79 Å². The van der Waals surface area contributed by atoms with Crippen molar-refractivity contribution in [2.24, 2.45) is 0 Å². The van der Waals surface area contributed by atoms with Crippen LogP contribution >= 0.6 is 0 Å². The van der Waals surface area contributed by atoms with Crippen LogP contribution < -0.4 is 10.6 Å². The normalized spacial score (nSPS) is 10.2. The lowest BCUT2D eigenvalue weighted by atomic mass is 10.1. The number of nitro groups is 1. The number of aryl methyl sites for hydroxylation is 1. The fourth-order valence-corrected chi connectivity index (χ4v) is 1.88. The van der Waals surface area contributed by atoms with E-state index in [2.05, 4.69) is 15.7 Å². The lowest BCUT2D eigenvalue weighted by Gasteiger charge is -2.06. The summed E-state index contributed by atoms with van der Waals surface area (Å²) in [5, 5.41) is 20.0. The molecule has 1 aromatic heterocycles. The molecule has 2 aromatic rings. The Hall–Kier alpha value is -2.90. The number of aromatic nitrogens is 2. The molecule has 0 saturated carbocycles. The summed E-state index contributed by atoms with van der Waals surface area (Å²) in [6, 6.07) is 5.97. The van der Waals surface area contributed by atoms with E-state index in [1.165, 1.54) is 12.1 Å². The topological polar surface area (TPSA) is 102 Å². The molecule has 0 spiro atoms. The number of amides is 2. The lowest BCUT2D eigenvalue weighted by molar-refractivity contribution is -0.384. The predicted octanol–water partition coefficient (Wildman–Crippen LogP) is 2.18. The summed E-state index contributed by atoms with van der Waals surface area (Å²) in [6.07, 6.45) is 3.93. The van der Waals surface area contributed by atoms with Crippen LogP contribution in [0.3, 0.4) is 0 Å². The van der Waals surface area contributed by atoms with Crippen molar-refractivity contribution in [2.75, 3.05) is 11.9 Å². The molecule has 2 rings (SSSR count). The Labute approximate surface area is 127 Å². The van der Waals surface area contributed by atoms with Crippen LogP contribution in [0.5, 0.6) is 0 Å². The molecular weight excluding hydrogens is 286 g/mol. The number of nitrogens with one attached hydrogen (secondary N) is 2. The first kappa shape index (κ1) is 15.5. The van der Waals surface area contributed by atoms with Crippen molar-refractivity contribution in [1.29, 1.82) is 0 Å². The first-order valence-electron chi connectivity index (χ1n) is 6.89. The van der Waals surface area contributed by atoms with Gasteiger partial charge in [-0.15, -0.1) is 0 Å². The predicted molar refractivity (Wildman–Crippen MR) is 81.7 cm³/mol. The highest BCUT2D eigenvalue weighted by atomic mass is 16.6. The summed E-state index contributed by atoms with van der Waals surface area (Å²) in [5.74, 6) is 0. The molecule has 22 heavy (non-hydrogen) atoms. The van der Waals surface area contributed by atoms with E-state index in [9.17, 15) is 14.9 Å². The molecule has 0 radical (unpaired) electrons. The number of hydrogen-bond donors (Lipinski definition) is 2. The smallest absolute Gasteiger partial charge is 0.319 e. The van der Waals surface area contributed by atoms with E-state index in [-0.39, 0.29) is 11.7 Å². The molecule has 0 aliphatic carbocycles. The highest BCUT2D eigenvalue weighted by Gasteiger charge is 2.05. The zero-order valence-corrected chi connectivity index (χ0v) is 12.2. The van der Waals surface area contributed by atoms with Gasteiger partial charge in [-0.05, 0) is 18.9 Å². The van der Waals surface area contributed by atoms with E-state index in [4.69, 9.17) is 0 Å². The van der Waals surface area contributed by atoms with Crippen molar-refractivity contribution in [3.8, 4) is 0 Å². The molecule has 0 aliphatic rings. The molecule has 8 nitrogen and oxygen atoms in total.